The molecule has 2 aromatic carbocycles. The van der Waals surface area contributed by atoms with E-state index in [4.69, 9.17) is 13.6 Å². The summed E-state index contributed by atoms with van der Waals surface area (Å²) in [6, 6.07) is 11.7. The summed E-state index contributed by atoms with van der Waals surface area (Å²) < 4.78 is 29.5. The van der Waals surface area contributed by atoms with Crippen molar-refractivity contribution in [3.8, 4) is 5.75 Å². The van der Waals surface area contributed by atoms with Crippen molar-refractivity contribution >= 4 is 55.1 Å². The molecule has 2 heterocycles. The van der Waals surface area contributed by atoms with Gasteiger partial charge in [-0.05, 0) is 63.0 Å². The van der Waals surface area contributed by atoms with Crippen LogP contribution in [0.3, 0.4) is 0 Å². The summed E-state index contributed by atoms with van der Waals surface area (Å²) >= 11 is 2.49. The molecule has 4 aromatic rings. The molecule has 1 unspecified atom stereocenters. The van der Waals surface area contributed by atoms with Gasteiger partial charge in [-0.25, -0.2) is 0 Å². The van der Waals surface area contributed by atoms with Crippen molar-refractivity contribution < 1.29 is 18.1 Å². The fraction of sp³-hybridized carbons (Fsp3) is 0.100. The Balaban J connectivity index is 1.68. The summed E-state index contributed by atoms with van der Waals surface area (Å²) in [7, 11) is 0. The molecular formula is C20H15BrO4S. The van der Waals surface area contributed by atoms with Crippen LogP contribution in [0.5, 0.6) is 5.75 Å². The first-order chi connectivity index (χ1) is 12.6. The monoisotopic (exact) mass is 430 g/mol. The molecule has 0 N–H and O–H groups in total. The number of halogens is 1. The number of benzene rings is 2. The molecule has 0 fully saturated rings. The maximum absolute atomic E-state index is 11.4. The summed E-state index contributed by atoms with van der Waals surface area (Å²) in [4.78, 5) is 0. The second-order valence-electron chi connectivity index (χ2n) is 5.83. The third kappa shape index (κ3) is 3.40. The van der Waals surface area contributed by atoms with Crippen molar-refractivity contribution in [2.75, 3.05) is 6.26 Å². The summed E-state index contributed by atoms with van der Waals surface area (Å²) in [5.41, 5.74) is 3.32. The van der Waals surface area contributed by atoms with Gasteiger partial charge < -0.3 is 18.1 Å². The first-order valence-electron chi connectivity index (χ1n) is 7.91. The lowest BCUT2D eigenvalue weighted by Crippen LogP contribution is -1.98. The van der Waals surface area contributed by atoms with E-state index in [9.17, 15) is 4.55 Å². The number of fused-ring (bicyclic) bond motifs is 2. The molecule has 0 bridgehead atoms. The summed E-state index contributed by atoms with van der Waals surface area (Å²) in [5.74, 6) is 0.637. The molecule has 6 heteroatoms. The molecule has 4 nitrogen and oxygen atoms in total. The number of ether oxygens (including phenoxy) is 1. The second kappa shape index (κ2) is 7.23. The SMILES string of the molecule is C[S+]([O-])C=Cc1ccc2ccoc2c1OCc1cc(Br)c2occc2c1. The zero-order chi connectivity index (χ0) is 18.1. The van der Waals surface area contributed by atoms with Crippen LogP contribution in [0.4, 0.5) is 0 Å². The first kappa shape index (κ1) is 17.3. The van der Waals surface area contributed by atoms with E-state index >= 15 is 0 Å². The first-order valence-corrected chi connectivity index (χ1v) is 10.3. The average Bonchev–Trinajstić information content (AvgIpc) is 3.27. The molecule has 0 radical (unpaired) electrons. The van der Waals surface area contributed by atoms with Gasteiger partial charge in [0.25, 0.3) is 0 Å². The van der Waals surface area contributed by atoms with Gasteiger partial charge in [-0.3, -0.25) is 0 Å². The van der Waals surface area contributed by atoms with Crippen LogP contribution < -0.4 is 4.74 Å². The quantitative estimate of drug-likeness (QED) is 0.371. The lowest BCUT2D eigenvalue weighted by Gasteiger charge is -2.11. The fourth-order valence-electron chi connectivity index (χ4n) is 2.81. The predicted molar refractivity (Wildman–Crippen MR) is 108 cm³/mol. The summed E-state index contributed by atoms with van der Waals surface area (Å²) in [6.07, 6.45) is 6.72. The van der Waals surface area contributed by atoms with Crippen molar-refractivity contribution in [1.29, 1.82) is 0 Å². The van der Waals surface area contributed by atoms with E-state index in [1.165, 1.54) is 0 Å². The Bertz CT molecular complexity index is 1090. The summed E-state index contributed by atoms with van der Waals surface area (Å²) in [6.45, 7) is 0.371. The normalized spacial score (nSPS) is 13.0. The van der Waals surface area contributed by atoms with Crippen molar-refractivity contribution in [2.24, 2.45) is 0 Å². The molecule has 0 saturated heterocycles. The van der Waals surface area contributed by atoms with E-state index in [1.54, 1.807) is 30.3 Å². The Morgan fingerprint density at radius 2 is 1.85 bits per heavy atom. The Morgan fingerprint density at radius 1 is 1.08 bits per heavy atom. The van der Waals surface area contributed by atoms with Gasteiger partial charge >= 0.3 is 0 Å². The maximum Gasteiger partial charge on any atom is 0.176 e. The molecule has 0 spiro atoms. The molecule has 0 amide bonds. The van der Waals surface area contributed by atoms with E-state index in [2.05, 4.69) is 15.9 Å². The van der Waals surface area contributed by atoms with Crippen LogP contribution in [-0.4, -0.2) is 10.8 Å². The van der Waals surface area contributed by atoms with Gasteiger partial charge in [0.05, 0.1) is 23.3 Å². The number of furan rings is 2. The number of hydrogen-bond acceptors (Lipinski definition) is 4. The highest BCUT2D eigenvalue weighted by atomic mass is 79.9. The fourth-order valence-corrected chi connectivity index (χ4v) is 3.76. The molecule has 2 aromatic heterocycles. The topological polar surface area (TPSA) is 58.6 Å². The van der Waals surface area contributed by atoms with E-state index in [0.29, 0.717) is 17.9 Å². The Kier molecular flexibility index (Phi) is 4.80. The van der Waals surface area contributed by atoms with Crippen molar-refractivity contribution in [3.63, 3.8) is 0 Å². The van der Waals surface area contributed by atoms with Gasteiger partial charge in [0.15, 0.2) is 11.3 Å². The Hall–Kier alpha value is -2.15. The van der Waals surface area contributed by atoms with E-state index < -0.39 is 11.2 Å². The molecule has 0 saturated carbocycles. The van der Waals surface area contributed by atoms with Crippen molar-refractivity contribution in [3.05, 3.63) is 69.9 Å². The van der Waals surface area contributed by atoms with Crippen LogP contribution in [0.15, 0.2) is 67.6 Å². The predicted octanol–water partition coefficient (Wildman–Crippen LogP) is 5.87. The maximum atomic E-state index is 11.4. The van der Waals surface area contributed by atoms with Crippen molar-refractivity contribution in [1.82, 2.24) is 0 Å². The third-order valence-electron chi connectivity index (χ3n) is 3.99. The van der Waals surface area contributed by atoms with E-state index in [1.807, 2.05) is 36.4 Å². The van der Waals surface area contributed by atoms with Crippen LogP contribution in [0.2, 0.25) is 0 Å². The number of hydrogen-bond donors (Lipinski definition) is 0. The van der Waals surface area contributed by atoms with Crippen LogP contribution >= 0.6 is 15.9 Å². The van der Waals surface area contributed by atoms with Gasteiger partial charge in [-0.2, -0.15) is 0 Å². The standard InChI is InChI=1S/C20H15BrO4S/c1-26(22)9-6-15-3-2-14-4-7-24-19(14)20(15)25-12-13-10-16-5-8-23-18(16)17(21)11-13/h2-11H,12H2,1H3. The Labute approximate surface area is 161 Å². The highest BCUT2D eigenvalue weighted by molar-refractivity contribution is 9.10. The van der Waals surface area contributed by atoms with Crippen LogP contribution in [0.1, 0.15) is 11.1 Å². The molecule has 132 valence electrons. The minimum Gasteiger partial charge on any atom is -0.612 e. The molecule has 26 heavy (non-hydrogen) atoms. The minimum atomic E-state index is -1.04. The van der Waals surface area contributed by atoms with Gasteiger partial charge in [-0.1, -0.05) is 12.1 Å². The van der Waals surface area contributed by atoms with Crippen LogP contribution in [0.25, 0.3) is 28.0 Å². The van der Waals surface area contributed by atoms with Gasteiger partial charge in [0, 0.05) is 16.3 Å². The van der Waals surface area contributed by atoms with Crippen LogP contribution in [-0.2, 0) is 17.8 Å². The summed E-state index contributed by atoms with van der Waals surface area (Å²) in [5, 5.41) is 3.60. The molecule has 1 atom stereocenters. The van der Waals surface area contributed by atoms with Gasteiger partial charge in [0.1, 0.15) is 17.6 Å². The highest BCUT2D eigenvalue weighted by Gasteiger charge is 2.12. The average molecular weight is 431 g/mol. The zero-order valence-corrected chi connectivity index (χ0v) is 16.3. The molecular weight excluding hydrogens is 416 g/mol. The smallest absolute Gasteiger partial charge is 0.176 e. The van der Waals surface area contributed by atoms with E-state index in [0.717, 1.165) is 32.0 Å². The lowest BCUT2D eigenvalue weighted by atomic mass is 10.1. The molecule has 0 aliphatic rings. The molecule has 4 rings (SSSR count). The lowest BCUT2D eigenvalue weighted by molar-refractivity contribution is 0.304. The largest absolute Gasteiger partial charge is 0.612 e. The van der Waals surface area contributed by atoms with Crippen molar-refractivity contribution in [2.45, 2.75) is 6.61 Å². The zero-order valence-electron chi connectivity index (χ0n) is 13.9. The van der Waals surface area contributed by atoms with Gasteiger partial charge in [-0.15, -0.1) is 0 Å². The molecule has 0 aliphatic carbocycles. The third-order valence-corrected chi connectivity index (χ3v) is 5.10. The Morgan fingerprint density at radius 3 is 2.65 bits per heavy atom. The highest BCUT2D eigenvalue weighted by Crippen LogP contribution is 2.33. The number of rotatable bonds is 5. The minimum absolute atomic E-state index is 0.371. The second-order valence-corrected chi connectivity index (χ2v) is 7.95. The van der Waals surface area contributed by atoms with Crippen LogP contribution in [0, 0.1) is 0 Å². The molecule has 0 aliphatic heterocycles. The van der Waals surface area contributed by atoms with Gasteiger partial charge in [0.2, 0.25) is 0 Å². The van der Waals surface area contributed by atoms with E-state index in [-0.39, 0.29) is 0 Å².